The van der Waals surface area contributed by atoms with Gasteiger partial charge in [-0.3, -0.25) is 0 Å². The second-order valence-electron chi connectivity index (χ2n) is 4.91. The lowest BCUT2D eigenvalue weighted by Crippen LogP contribution is -2.15. The highest BCUT2D eigenvalue weighted by molar-refractivity contribution is 7.10. The Hall–Kier alpha value is -1.87. The molecule has 1 aliphatic carbocycles. The summed E-state index contributed by atoms with van der Waals surface area (Å²) in [5.74, 6) is 0.0922. The van der Waals surface area contributed by atoms with E-state index in [0.29, 0.717) is 6.61 Å². The van der Waals surface area contributed by atoms with Crippen LogP contribution in [0.5, 0.6) is 0 Å². The Morgan fingerprint density at radius 3 is 2.84 bits per heavy atom. The predicted molar refractivity (Wildman–Crippen MR) is 74.9 cm³/mol. The molecule has 1 aromatic carbocycles. The number of carbonyl (C=O) groups is 1. The van der Waals surface area contributed by atoms with Gasteiger partial charge in [0.05, 0.1) is 12.2 Å². The van der Waals surface area contributed by atoms with E-state index >= 15 is 0 Å². The van der Waals surface area contributed by atoms with Gasteiger partial charge in [0.15, 0.2) is 0 Å². The summed E-state index contributed by atoms with van der Waals surface area (Å²) in [5.41, 5.74) is 4.27. The molecule has 1 fully saturated rings. The smallest absolute Gasteiger partial charge is 0.335 e. The molecule has 3 heteroatoms. The molecule has 0 saturated carbocycles. The molecule has 2 aliphatic rings. The Morgan fingerprint density at radius 2 is 2.00 bits per heavy atom. The van der Waals surface area contributed by atoms with E-state index in [1.165, 1.54) is 10.4 Å². The normalized spacial score (nSPS) is 21.1. The van der Waals surface area contributed by atoms with Crippen LogP contribution in [0, 0.1) is 5.92 Å². The van der Waals surface area contributed by atoms with Crippen LogP contribution >= 0.6 is 11.3 Å². The zero-order valence-corrected chi connectivity index (χ0v) is 11.1. The van der Waals surface area contributed by atoms with Crippen LogP contribution in [0.2, 0.25) is 0 Å². The highest BCUT2D eigenvalue weighted by atomic mass is 32.1. The van der Waals surface area contributed by atoms with Gasteiger partial charge in [-0.1, -0.05) is 30.3 Å². The van der Waals surface area contributed by atoms with Crippen molar-refractivity contribution in [2.75, 3.05) is 6.61 Å². The van der Waals surface area contributed by atoms with Crippen LogP contribution in [0.25, 0.3) is 5.57 Å². The molecule has 0 N–H and O–H groups in total. The second-order valence-corrected chi connectivity index (χ2v) is 5.91. The van der Waals surface area contributed by atoms with Gasteiger partial charge in [0, 0.05) is 16.4 Å². The molecule has 94 valence electrons. The van der Waals surface area contributed by atoms with Crippen molar-refractivity contribution in [1.82, 2.24) is 0 Å². The van der Waals surface area contributed by atoms with E-state index in [-0.39, 0.29) is 11.9 Å². The Balaban J connectivity index is 2.01. The maximum absolute atomic E-state index is 12.0. The molecule has 1 saturated heterocycles. The number of carbonyl (C=O) groups excluding carboxylic acids is 1. The Bertz CT molecular complexity index is 682. The van der Waals surface area contributed by atoms with Crippen molar-refractivity contribution in [3.05, 3.63) is 63.4 Å². The number of fused-ring (bicyclic) bond motifs is 2. The van der Waals surface area contributed by atoms with Crippen molar-refractivity contribution in [3.8, 4) is 0 Å². The lowest BCUT2D eigenvalue weighted by Gasteiger charge is -2.21. The number of hydrogen-bond acceptors (Lipinski definition) is 3. The molecular formula is C16H12O2S. The van der Waals surface area contributed by atoms with E-state index < -0.39 is 0 Å². The maximum atomic E-state index is 12.0. The van der Waals surface area contributed by atoms with Gasteiger partial charge < -0.3 is 4.74 Å². The summed E-state index contributed by atoms with van der Waals surface area (Å²) in [5, 5.41) is 2.11. The van der Waals surface area contributed by atoms with Crippen LogP contribution in [-0.2, 0) is 16.0 Å². The molecule has 0 unspecified atom stereocenters. The van der Waals surface area contributed by atoms with Crippen LogP contribution in [0.1, 0.15) is 16.0 Å². The summed E-state index contributed by atoms with van der Waals surface area (Å²) in [6.07, 6.45) is 0.935. The molecule has 1 aliphatic heterocycles. The first-order valence-corrected chi connectivity index (χ1v) is 7.26. The summed E-state index contributed by atoms with van der Waals surface area (Å²) in [7, 11) is 0. The molecule has 4 rings (SSSR count). The van der Waals surface area contributed by atoms with Crippen molar-refractivity contribution in [2.24, 2.45) is 5.92 Å². The molecule has 2 nitrogen and oxygen atoms in total. The lowest BCUT2D eigenvalue weighted by molar-refractivity contribution is -0.135. The van der Waals surface area contributed by atoms with Gasteiger partial charge in [-0.2, -0.15) is 0 Å². The monoisotopic (exact) mass is 268 g/mol. The van der Waals surface area contributed by atoms with Crippen molar-refractivity contribution < 1.29 is 9.53 Å². The minimum atomic E-state index is -0.138. The summed E-state index contributed by atoms with van der Waals surface area (Å²) in [6.45, 7) is 0.530. The molecule has 0 amide bonds. The largest absolute Gasteiger partial charge is 0.462 e. The van der Waals surface area contributed by atoms with Gasteiger partial charge in [-0.25, -0.2) is 4.79 Å². The van der Waals surface area contributed by atoms with Crippen LogP contribution < -0.4 is 0 Å². The van der Waals surface area contributed by atoms with Gasteiger partial charge in [0.25, 0.3) is 0 Å². The first-order chi connectivity index (χ1) is 9.34. The first-order valence-electron chi connectivity index (χ1n) is 6.38. The number of benzene rings is 1. The molecule has 0 spiro atoms. The number of hydrogen-bond donors (Lipinski definition) is 0. The lowest BCUT2D eigenvalue weighted by atomic mass is 9.81. The first kappa shape index (κ1) is 11.0. The quantitative estimate of drug-likeness (QED) is 0.742. The minimum Gasteiger partial charge on any atom is -0.462 e. The highest BCUT2D eigenvalue weighted by Gasteiger charge is 2.38. The van der Waals surface area contributed by atoms with E-state index in [2.05, 4.69) is 23.6 Å². The fourth-order valence-corrected chi connectivity index (χ4v) is 3.94. The van der Waals surface area contributed by atoms with E-state index in [9.17, 15) is 4.79 Å². The topological polar surface area (TPSA) is 26.3 Å². The third-order valence-corrected chi connectivity index (χ3v) is 4.77. The molecule has 0 bridgehead atoms. The van der Waals surface area contributed by atoms with E-state index in [4.69, 9.17) is 4.74 Å². The van der Waals surface area contributed by atoms with Crippen LogP contribution in [0.3, 0.4) is 0 Å². The van der Waals surface area contributed by atoms with Crippen LogP contribution in [0.15, 0.2) is 47.4 Å². The Labute approximate surface area is 115 Å². The van der Waals surface area contributed by atoms with E-state index in [1.807, 2.05) is 18.2 Å². The third kappa shape index (κ3) is 1.58. The van der Waals surface area contributed by atoms with Crippen molar-refractivity contribution >= 4 is 22.9 Å². The molecule has 2 aromatic rings. The van der Waals surface area contributed by atoms with Gasteiger partial charge in [-0.05, 0) is 29.0 Å². The average molecular weight is 268 g/mol. The van der Waals surface area contributed by atoms with Gasteiger partial charge >= 0.3 is 5.97 Å². The highest BCUT2D eigenvalue weighted by Crippen LogP contribution is 2.43. The number of thiophene rings is 1. The molecule has 19 heavy (non-hydrogen) atoms. The maximum Gasteiger partial charge on any atom is 0.335 e. The zero-order chi connectivity index (χ0) is 12.8. The average Bonchev–Trinajstić information content (AvgIpc) is 3.05. The summed E-state index contributed by atoms with van der Waals surface area (Å²) < 4.78 is 5.26. The van der Waals surface area contributed by atoms with Crippen molar-refractivity contribution in [2.45, 2.75) is 6.42 Å². The molecular weight excluding hydrogens is 256 g/mol. The third-order valence-electron chi connectivity index (χ3n) is 3.82. The summed E-state index contributed by atoms with van der Waals surface area (Å²) >= 11 is 1.77. The van der Waals surface area contributed by atoms with Crippen LogP contribution in [-0.4, -0.2) is 12.6 Å². The standard InChI is InChI=1S/C16H12O2S/c17-16-15-11(9-18-16)8-13-12(6-7-19-13)14(15)10-4-2-1-3-5-10/h1-7,11H,8-9H2/t11-/m0/s1. The SMILES string of the molecule is O=C1OC[C@@H]2Cc3sccc3C(c3ccccc3)=C12. The second kappa shape index (κ2) is 4.07. The van der Waals surface area contributed by atoms with Gasteiger partial charge in [0.2, 0.25) is 0 Å². The molecule has 1 aromatic heterocycles. The fraction of sp³-hybridized carbons (Fsp3) is 0.188. The molecule has 0 radical (unpaired) electrons. The van der Waals surface area contributed by atoms with Gasteiger partial charge in [-0.15, -0.1) is 11.3 Å². The number of ether oxygens (including phenoxy) is 1. The van der Waals surface area contributed by atoms with E-state index in [0.717, 1.165) is 23.1 Å². The Morgan fingerprint density at radius 1 is 1.16 bits per heavy atom. The Kier molecular flexibility index (Phi) is 2.35. The fourth-order valence-electron chi connectivity index (χ4n) is 2.98. The number of cyclic esters (lactones) is 1. The van der Waals surface area contributed by atoms with Crippen molar-refractivity contribution in [1.29, 1.82) is 0 Å². The van der Waals surface area contributed by atoms with E-state index in [1.54, 1.807) is 11.3 Å². The van der Waals surface area contributed by atoms with Crippen molar-refractivity contribution in [3.63, 3.8) is 0 Å². The molecule has 2 heterocycles. The summed E-state index contributed by atoms with van der Waals surface area (Å²) in [4.78, 5) is 13.4. The summed E-state index contributed by atoms with van der Waals surface area (Å²) in [6, 6.07) is 12.3. The number of esters is 1. The number of rotatable bonds is 1. The van der Waals surface area contributed by atoms with Crippen LogP contribution in [0.4, 0.5) is 0 Å². The zero-order valence-electron chi connectivity index (χ0n) is 10.3. The predicted octanol–water partition coefficient (Wildman–Crippen LogP) is 3.28. The van der Waals surface area contributed by atoms with Gasteiger partial charge in [0.1, 0.15) is 0 Å². The minimum absolute atomic E-state index is 0.138. The molecule has 1 atom stereocenters.